The second-order valence-electron chi connectivity index (χ2n) is 4.48. The summed E-state index contributed by atoms with van der Waals surface area (Å²) in [4.78, 5) is 11.8. The molecule has 0 N–H and O–H groups in total. The minimum atomic E-state index is 0.585. The van der Waals surface area contributed by atoms with Gasteiger partial charge in [-0.05, 0) is 30.7 Å². The summed E-state index contributed by atoms with van der Waals surface area (Å²) in [5.74, 6) is 1.11. The predicted molar refractivity (Wildman–Crippen MR) is 76.3 cm³/mol. The Bertz CT molecular complexity index is 540. The SMILES string of the molecule is Cc1csc2c(N3CCCC(Br)C3)ncnc12. The second-order valence-corrected chi connectivity index (χ2v) is 6.65. The molecule has 1 aliphatic rings. The molecule has 1 fully saturated rings. The first-order chi connectivity index (χ1) is 8.25. The van der Waals surface area contributed by atoms with E-state index in [-0.39, 0.29) is 0 Å². The Morgan fingerprint density at radius 2 is 2.35 bits per heavy atom. The summed E-state index contributed by atoms with van der Waals surface area (Å²) in [5, 5.41) is 2.17. The van der Waals surface area contributed by atoms with Crippen LogP contribution in [-0.2, 0) is 0 Å². The van der Waals surface area contributed by atoms with Crippen LogP contribution in [0.4, 0.5) is 5.82 Å². The molecule has 3 heterocycles. The van der Waals surface area contributed by atoms with Gasteiger partial charge in [-0.2, -0.15) is 0 Å². The van der Waals surface area contributed by atoms with Crippen LogP contribution in [0, 0.1) is 6.92 Å². The number of alkyl halides is 1. The first-order valence-corrected chi connectivity index (χ1v) is 7.63. The number of halogens is 1. The van der Waals surface area contributed by atoms with Crippen molar-refractivity contribution < 1.29 is 0 Å². The fraction of sp³-hybridized carbons (Fsp3) is 0.500. The molecule has 1 unspecified atom stereocenters. The number of piperidine rings is 1. The Morgan fingerprint density at radius 1 is 1.47 bits per heavy atom. The molecule has 0 spiro atoms. The Kier molecular flexibility index (Phi) is 3.04. The third kappa shape index (κ3) is 2.06. The Balaban J connectivity index is 2.04. The molecule has 0 amide bonds. The minimum absolute atomic E-state index is 0.585. The van der Waals surface area contributed by atoms with E-state index in [1.165, 1.54) is 23.1 Å². The van der Waals surface area contributed by atoms with Gasteiger partial charge in [-0.25, -0.2) is 9.97 Å². The summed E-state index contributed by atoms with van der Waals surface area (Å²) >= 11 is 5.47. The lowest BCUT2D eigenvalue weighted by atomic mass is 10.1. The third-order valence-electron chi connectivity index (χ3n) is 3.18. The van der Waals surface area contributed by atoms with E-state index in [1.807, 2.05) is 0 Å². The van der Waals surface area contributed by atoms with Gasteiger partial charge in [-0.1, -0.05) is 15.9 Å². The molecule has 0 aromatic carbocycles. The molecule has 1 aliphatic heterocycles. The molecule has 0 radical (unpaired) electrons. The molecule has 1 atom stereocenters. The number of aryl methyl sites for hydroxylation is 1. The standard InChI is InChI=1S/C12H14BrN3S/c1-8-6-17-11-10(8)14-7-15-12(11)16-4-2-3-9(13)5-16/h6-7,9H,2-5H2,1H3. The van der Waals surface area contributed by atoms with Crippen LogP contribution < -0.4 is 4.90 Å². The molecule has 3 nitrogen and oxygen atoms in total. The van der Waals surface area contributed by atoms with Crippen LogP contribution in [0.3, 0.4) is 0 Å². The fourth-order valence-corrected chi connectivity index (χ4v) is 3.99. The molecule has 0 bridgehead atoms. The molecular weight excluding hydrogens is 298 g/mol. The van der Waals surface area contributed by atoms with Crippen molar-refractivity contribution in [2.75, 3.05) is 18.0 Å². The summed E-state index contributed by atoms with van der Waals surface area (Å²) < 4.78 is 1.23. The number of rotatable bonds is 1. The first kappa shape index (κ1) is 11.4. The van der Waals surface area contributed by atoms with Crippen LogP contribution in [0.2, 0.25) is 0 Å². The number of hydrogen-bond donors (Lipinski definition) is 0. The maximum Gasteiger partial charge on any atom is 0.150 e. The van der Waals surface area contributed by atoms with Crippen molar-refractivity contribution in [2.45, 2.75) is 24.6 Å². The van der Waals surface area contributed by atoms with E-state index in [4.69, 9.17) is 0 Å². The van der Waals surface area contributed by atoms with Gasteiger partial charge in [-0.3, -0.25) is 0 Å². The summed E-state index contributed by atoms with van der Waals surface area (Å²) in [6.45, 7) is 4.26. The fourth-order valence-electron chi connectivity index (χ4n) is 2.30. The molecule has 0 aliphatic carbocycles. The largest absolute Gasteiger partial charge is 0.354 e. The van der Waals surface area contributed by atoms with Gasteiger partial charge in [0.15, 0.2) is 0 Å². The molecule has 5 heteroatoms. The van der Waals surface area contributed by atoms with Crippen LogP contribution in [0.1, 0.15) is 18.4 Å². The van der Waals surface area contributed by atoms with E-state index in [1.54, 1.807) is 17.7 Å². The van der Waals surface area contributed by atoms with Crippen LogP contribution >= 0.6 is 27.3 Å². The lowest BCUT2D eigenvalue weighted by Gasteiger charge is -2.31. The molecule has 0 saturated carbocycles. The normalized spacial score (nSPS) is 21.1. The van der Waals surface area contributed by atoms with E-state index in [0.717, 1.165) is 24.4 Å². The highest BCUT2D eigenvalue weighted by Gasteiger charge is 2.21. The molecule has 2 aromatic heterocycles. The number of anilines is 1. The van der Waals surface area contributed by atoms with Crippen LogP contribution in [0.15, 0.2) is 11.7 Å². The first-order valence-electron chi connectivity index (χ1n) is 5.83. The Morgan fingerprint density at radius 3 is 3.18 bits per heavy atom. The van der Waals surface area contributed by atoms with Crippen molar-refractivity contribution in [2.24, 2.45) is 0 Å². The molecule has 2 aromatic rings. The molecular formula is C12H14BrN3S. The van der Waals surface area contributed by atoms with Gasteiger partial charge in [0.05, 0.1) is 10.2 Å². The van der Waals surface area contributed by atoms with Gasteiger partial charge in [-0.15, -0.1) is 11.3 Å². The quantitative estimate of drug-likeness (QED) is 0.756. The van der Waals surface area contributed by atoms with Crippen molar-refractivity contribution in [1.29, 1.82) is 0 Å². The van der Waals surface area contributed by atoms with E-state index in [0.29, 0.717) is 4.83 Å². The zero-order valence-corrected chi connectivity index (χ0v) is 12.1. The lowest BCUT2D eigenvalue weighted by Crippen LogP contribution is -2.36. The highest BCUT2D eigenvalue weighted by Crippen LogP contribution is 2.32. The predicted octanol–water partition coefficient (Wildman–Crippen LogP) is 3.36. The van der Waals surface area contributed by atoms with Crippen LogP contribution in [0.25, 0.3) is 10.2 Å². The number of thiophene rings is 1. The third-order valence-corrected chi connectivity index (χ3v) is 5.01. The molecule has 1 saturated heterocycles. The maximum atomic E-state index is 4.48. The van der Waals surface area contributed by atoms with Crippen molar-refractivity contribution >= 4 is 43.3 Å². The zero-order valence-electron chi connectivity index (χ0n) is 9.69. The van der Waals surface area contributed by atoms with Crippen molar-refractivity contribution in [3.05, 3.63) is 17.3 Å². The van der Waals surface area contributed by atoms with Gasteiger partial charge >= 0.3 is 0 Å². The van der Waals surface area contributed by atoms with Crippen molar-refractivity contribution in [3.8, 4) is 0 Å². The Hall–Kier alpha value is -0.680. The maximum absolute atomic E-state index is 4.48. The van der Waals surface area contributed by atoms with Crippen LogP contribution in [0.5, 0.6) is 0 Å². The second kappa shape index (κ2) is 4.53. The average molecular weight is 312 g/mol. The van der Waals surface area contributed by atoms with Gasteiger partial charge in [0.25, 0.3) is 0 Å². The van der Waals surface area contributed by atoms with E-state index in [9.17, 15) is 0 Å². The number of hydrogen-bond acceptors (Lipinski definition) is 4. The smallest absolute Gasteiger partial charge is 0.150 e. The van der Waals surface area contributed by atoms with E-state index >= 15 is 0 Å². The van der Waals surface area contributed by atoms with Crippen LogP contribution in [-0.4, -0.2) is 27.9 Å². The van der Waals surface area contributed by atoms with E-state index in [2.05, 4.69) is 43.1 Å². The highest BCUT2D eigenvalue weighted by molar-refractivity contribution is 9.09. The average Bonchev–Trinajstić information content (AvgIpc) is 2.71. The number of nitrogens with zero attached hydrogens (tertiary/aromatic N) is 3. The minimum Gasteiger partial charge on any atom is -0.354 e. The van der Waals surface area contributed by atoms with Crippen molar-refractivity contribution in [1.82, 2.24) is 9.97 Å². The number of fused-ring (bicyclic) bond motifs is 1. The van der Waals surface area contributed by atoms with Crippen molar-refractivity contribution in [3.63, 3.8) is 0 Å². The zero-order chi connectivity index (χ0) is 11.8. The van der Waals surface area contributed by atoms with E-state index < -0.39 is 0 Å². The highest BCUT2D eigenvalue weighted by atomic mass is 79.9. The lowest BCUT2D eigenvalue weighted by molar-refractivity contribution is 0.592. The topological polar surface area (TPSA) is 29.0 Å². The van der Waals surface area contributed by atoms with Gasteiger partial charge in [0.1, 0.15) is 12.1 Å². The van der Waals surface area contributed by atoms with Gasteiger partial charge in [0, 0.05) is 17.9 Å². The summed E-state index contributed by atoms with van der Waals surface area (Å²) in [7, 11) is 0. The molecule has 17 heavy (non-hydrogen) atoms. The summed E-state index contributed by atoms with van der Waals surface area (Å²) in [6, 6.07) is 0. The molecule has 90 valence electrons. The molecule has 3 rings (SSSR count). The van der Waals surface area contributed by atoms with Gasteiger partial charge in [0.2, 0.25) is 0 Å². The Labute approximate surface area is 113 Å². The number of aromatic nitrogens is 2. The summed E-state index contributed by atoms with van der Waals surface area (Å²) in [5.41, 5.74) is 2.36. The van der Waals surface area contributed by atoms with Gasteiger partial charge < -0.3 is 4.90 Å². The summed E-state index contributed by atoms with van der Waals surface area (Å²) in [6.07, 6.45) is 4.18. The monoisotopic (exact) mass is 311 g/mol.